The van der Waals surface area contributed by atoms with E-state index >= 15 is 0 Å². The topological polar surface area (TPSA) is 17.4 Å². The van der Waals surface area contributed by atoms with Crippen LogP contribution in [0.25, 0.3) is 10.9 Å². The molecular weight excluding hydrogens is 260 g/mol. The van der Waals surface area contributed by atoms with E-state index in [0.29, 0.717) is 0 Å². The zero-order valence-electron chi connectivity index (χ0n) is 14.4. The maximum atomic E-state index is 5.42. The van der Waals surface area contributed by atoms with Crippen molar-refractivity contribution >= 4 is 10.9 Å². The SMILES string of the molecule is COc1ccc2c(c1)c(CCN(C)C)c(C(C)(C)C)n2C. The van der Waals surface area contributed by atoms with Gasteiger partial charge in [0.25, 0.3) is 0 Å². The lowest BCUT2D eigenvalue weighted by Gasteiger charge is -2.23. The summed E-state index contributed by atoms with van der Waals surface area (Å²) in [6, 6.07) is 6.39. The molecule has 0 fully saturated rings. The Morgan fingerprint density at radius 3 is 2.38 bits per heavy atom. The van der Waals surface area contributed by atoms with E-state index in [4.69, 9.17) is 4.74 Å². The van der Waals surface area contributed by atoms with Crippen LogP contribution in [-0.2, 0) is 18.9 Å². The summed E-state index contributed by atoms with van der Waals surface area (Å²) < 4.78 is 7.76. The maximum absolute atomic E-state index is 5.42. The molecular formula is C18H28N2O. The van der Waals surface area contributed by atoms with Gasteiger partial charge in [-0.3, -0.25) is 0 Å². The van der Waals surface area contributed by atoms with Gasteiger partial charge in [0.05, 0.1) is 7.11 Å². The highest BCUT2D eigenvalue weighted by atomic mass is 16.5. The van der Waals surface area contributed by atoms with E-state index in [2.05, 4.69) is 63.5 Å². The minimum Gasteiger partial charge on any atom is -0.497 e. The van der Waals surface area contributed by atoms with Crippen molar-refractivity contribution in [2.75, 3.05) is 27.7 Å². The van der Waals surface area contributed by atoms with Crippen LogP contribution in [0.1, 0.15) is 32.0 Å². The fraction of sp³-hybridized carbons (Fsp3) is 0.556. The quantitative estimate of drug-likeness (QED) is 0.855. The van der Waals surface area contributed by atoms with Crippen LogP contribution in [-0.4, -0.2) is 37.2 Å². The van der Waals surface area contributed by atoms with Crippen molar-refractivity contribution in [3.8, 4) is 5.75 Å². The summed E-state index contributed by atoms with van der Waals surface area (Å²) in [7, 11) is 8.16. The van der Waals surface area contributed by atoms with Gasteiger partial charge in [0.1, 0.15) is 5.75 Å². The number of aromatic nitrogens is 1. The van der Waals surface area contributed by atoms with E-state index < -0.39 is 0 Å². The van der Waals surface area contributed by atoms with Crippen LogP contribution in [0.15, 0.2) is 18.2 Å². The molecule has 3 heteroatoms. The van der Waals surface area contributed by atoms with Crippen molar-refractivity contribution in [2.45, 2.75) is 32.6 Å². The Balaban J connectivity index is 2.68. The second-order valence-corrected chi connectivity index (χ2v) is 7.07. The van der Waals surface area contributed by atoms with E-state index in [-0.39, 0.29) is 5.41 Å². The molecule has 0 spiro atoms. The van der Waals surface area contributed by atoms with E-state index in [1.165, 1.54) is 22.2 Å². The normalized spacial score (nSPS) is 12.4. The lowest BCUT2D eigenvalue weighted by Crippen LogP contribution is -2.21. The Labute approximate surface area is 128 Å². The first kappa shape index (κ1) is 15.9. The van der Waals surface area contributed by atoms with E-state index in [0.717, 1.165) is 18.7 Å². The van der Waals surface area contributed by atoms with Crippen LogP contribution in [0.3, 0.4) is 0 Å². The number of hydrogen-bond acceptors (Lipinski definition) is 2. The third-order valence-electron chi connectivity index (χ3n) is 4.03. The van der Waals surface area contributed by atoms with E-state index in [1.807, 2.05) is 6.07 Å². The number of rotatable bonds is 4. The molecule has 116 valence electrons. The fourth-order valence-corrected chi connectivity index (χ4v) is 3.17. The molecule has 1 heterocycles. The van der Waals surface area contributed by atoms with E-state index in [1.54, 1.807) is 7.11 Å². The van der Waals surface area contributed by atoms with E-state index in [9.17, 15) is 0 Å². The van der Waals surface area contributed by atoms with Crippen molar-refractivity contribution in [2.24, 2.45) is 7.05 Å². The van der Waals surface area contributed by atoms with Crippen LogP contribution in [0, 0.1) is 0 Å². The number of likely N-dealkylation sites (N-methyl/N-ethyl adjacent to an activating group) is 1. The van der Waals surface area contributed by atoms with Crippen molar-refractivity contribution in [1.82, 2.24) is 9.47 Å². The molecule has 1 aromatic carbocycles. The highest BCUT2D eigenvalue weighted by Gasteiger charge is 2.25. The molecule has 0 saturated heterocycles. The second kappa shape index (κ2) is 5.72. The molecule has 0 unspecified atom stereocenters. The van der Waals surface area contributed by atoms with Crippen molar-refractivity contribution in [3.63, 3.8) is 0 Å². The highest BCUT2D eigenvalue weighted by Crippen LogP contribution is 2.35. The maximum Gasteiger partial charge on any atom is 0.119 e. The minimum absolute atomic E-state index is 0.128. The Hall–Kier alpha value is -1.48. The number of fused-ring (bicyclic) bond motifs is 1. The second-order valence-electron chi connectivity index (χ2n) is 7.07. The number of ether oxygens (including phenoxy) is 1. The first-order chi connectivity index (χ1) is 9.75. The van der Waals surface area contributed by atoms with Crippen LogP contribution in [0.5, 0.6) is 5.75 Å². The Bertz CT molecular complexity index is 633. The van der Waals surface area contributed by atoms with Crippen molar-refractivity contribution in [1.29, 1.82) is 0 Å². The number of aryl methyl sites for hydroxylation is 1. The number of nitrogens with zero attached hydrogens (tertiary/aromatic N) is 2. The molecule has 0 aliphatic rings. The van der Waals surface area contributed by atoms with Gasteiger partial charge in [0.2, 0.25) is 0 Å². The first-order valence-electron chi connectivity index (χ1n) is 7.56. The third kappa shape index (κ3) is 3.08. The van der Waals surface area contributed by atoms with Crippen LogP contribution in [0.4, 0.5) is 0 Å². The zero-order chi connectivity index (χ0) is 15.8. The van der Waals surface area contributed by atoms with Gasteiger partial charge in [0.15, 0.2) is 0 Å². The van der Waals surface area contributed by atoms with Crippen LogP contribution in [0.2, 0.25) is 0 Å². The molecule has 3 nitrogen and oxygen atoms in total. The summed E-state index contributed by atoms with van der Waals surface area (Å²) in [5.41, 5.74) is 4.29. The monoisotopic (exact) mass is 288 g/mol. The van der Waals surface area contributed by atoms with Gasteiger partial charge in [-0.1, -0.05) is 20.8 Å². The highest BCUT2D eigenvalue weighted by molar-refractivity contribution is 5.87. The average Bonchev–Trinajstić information content (AvgIpc) is 2.68. The molecule has 0 N–H and O–H groups in total. The summed E-state index contributed by atoms with van der Waals surface area (Å²) in [6.07, 6.45) is 1.06. The lowest BCUT2D eigenvalue weighted by molar-refractivity contribution is 0.411. The Morgan fingerprint density at radius 2 is 1.86 bits per heavy atom. The molecule has 1 aromatic heterocycles. The lowest BCUT2D eigenvalue weighted by atomic mass is 9.87. The molecule has 0 radical (unpaired) electrons. The number of hydrogen-bond donors (Lipinski definition) is 0. The first-order valence-corrected chi connectivity index (χ1v) is 7.56. The third-order valence-corrected chi connectivity index (χ3v) is 4.03. The van der Waals surface area contributed by atoms with Gasteiger partial charge in [0, 0.05) is 35.6 Å². The zero-order valence-corrected chi connectivity index (χ0v) is 14.4. The van der Waals surface area contributed by atoms with Crippen LogP contribution < -0.4 is 4.74 Å². The van der Waals surface area contributed by atoms with Crippen LogP contribution >= 0.6 is 0 Å². The fourth-order valence-electron chi connectivity index (χ4n) is 3.17. The molecule has 0 atom stereocenters. The summed E-state index contributed by atoms with van der Waals surface area (Å²) in [5, 5.41) is 1.32. The smallest absolute Gasteiger partial charge is 0.119 e. The van der Waals surface area contributed by atoms with Crippen molar-refractivity contribution < 1.29 is 4.74 Å². The molecule has 2 rings (SSSR count). The van der Waals surface area contributed by atoms with Gasteiger partial charge < -0.3 is 14.2 Å². The summed E-state index contributed by atoms with van der Waals surface area (Å²) >= 11 is 0. The Morgan fingerprint density at radius 1 is 1.19 bits per heavy atom. The molecule has 0 amide bonds. The standard InChI is InChI=1S/C18H28N2O/c1-18(2,3)17-14(10-11-19(4)5)15-12-13(21-7)8-9-16(15)20(17)6/h8-9,12H,10-11H2,1-7H3. The molecule has 0 saturated carbocycles. The summed E-state index contributed by atoms with van der Waals surface area (Å²) in [4.78, 5) is 2.24. The molecule has 0 aliphatic heterocycles. The Kier molecular flexibility index (Phi) is 4.33. The van der Waals surface area contributed by atoms with Gasteiger partial charge in [-0.05, 0) is 44.3 Å². The summed E-state index contributed by atoms with van der Waals surface area (Å²) in [6.45, 7) is 7.92. The van der Waals surface area contributed by atoms with Gasteiger partial charge in [-0.2, -0.15) is 0 Å². The van der Waals surface area contributed by atoms with Gasteiger partial charge >= 0.3 is 0 Å². The van der Waals surface area contributed by atoms with Crippen molar-refractivity contribution in [3.05, 3.63) is 29.5 Å². The summed E-state index contributed by atoms with van der Waals surface area (Å²) in [5.74, 6) is 0.930. The molecule has 0 aliphatic carbocycles. The predicted molar refractivity (Wildman–Crippen MR) is 90.4 cm³/mol. The average molecular weight is 288 g/mol. The van der Waals surface area contributed by atoms with Gasteiger partial charge in [-0.25, -0.2) is 0 Å². The number of benzene rings is 1. The molecule has 0 bridgehead atoms. The minimum atomic E-state index is 0.128. The van der Waals surface area contributed by atoms with Gasteiger partial charge in [-0.15, -0.1) is 0 Å². The molecule has 21 heavy (non-hydrogen) atoms. The largest absolute Gasteiger partial charge is 0.497 e. The predicted octanol–water partition coefficient (Wildman–Crippen LogP) is 3.59. The molecule has 2 aromatic rings. The number of methoxy groups -OCH3 is 1.